The molecule has 330 valence electrons. The van der Waals surface area contributed by atoms with E-state index in [4.69, 9.17) is 0 Å². The van der Waals surface area contributed by atoms with E-state index in [1.165, 1.54) is 193 Å². The van der Waals surface area contributed by atoms with Gasteiger partial charge < -0.3 is 20.6 Å². The Balaban J connectivity index is 3.67. The molecule has 3 unspecified atom stereocenters. The summed E-state index contributed by atoms with van der Waals surface area (Å²) in [5.74, 6) is -0.326. The van der Waals surface area contributed by atoms with Gasteiger partial charge in [-0.1, -0.05) is 243 Å². The second-order valence-corrected chi connectivity index (χ2v) is 17.1. The third-order valence-corrected chi connectivity index (χ3v) is 11.4. The predicted octanol–water partition coefficient (Wildman–Crippen LogP) is 14.7. The van der Waals surface area contributed by atoms with Crippen molar-refractivity contribution in [3.05, 3.63) is 36.5 Å². The summed E-state index contributed by atoms with van der Waals surface area (Å²) < 4.78 is 0. The van der Waals surface area contributed by atoms with Crippen LogP contribution in [0.4, 0.5) is 0 Å². The molecule has 0 spiro atoms. The minimum absolute atomic E-state index is 0.00538. The van der Waals surface area contributed by atoms with E-state index in [-0.39, 0.29) is 18.9 Å². The molecule has 5 nitrogen and oxygen atoms in total. The summed E-state index contributed by atoms with van der Waals surface area (Å²) in [6, 6.07) is -0.766. The van der Waals surface area contributed by atoms with Gasteiger partial charge in [-0.15, -0.1) is 0 Å². The van der Waals surface area contributed by atoms with Crippen LogP contribution in [0.1, 0.15) is 258 Å². The Hall–Kier alpha value is -1.43. The van der Waals surface area contributed by atoms with E-state index >= 15 is 0 Å². The maximum absolute atomic E-state index is 12.5. The molecule has 0 bridgehead atoms. The second kappa shape index (κ2) is 46.3. The van der Waals surface area contributed by atoms with Crippen molar-refractivity contribution in [3.8, 4) is 0 Å². The lowest BCUT2D eigenvalue weighted by Crippen LogP contribution is -2.45. The normalized spacial score (nSPS) is 13.7. The number of hydrogen-bond donors (Lipinski definition) is 4. The first-order valence-corrected chi connectivity index (χ1v) is 24.8. The van der Waals surface area contributed by atoms with Gasteiger partial charge in [0.25, 0.3) is 0 Å². The first kappa shape index (κ1) is 54.6. The Bertz CT molecular complexity index is 870. The number of carbonyl (C=O) groups excluding carboxylic acids is 1. The molecule has 3 atom stereocenters. The van der Waals surface area contributed by atoms with Crippen LogP contribution < -0.4 is 5.32 Å². The molecule has 56 heavy (non-hydrogen) atoms. The van der Waals surface area contributed by atoms with Gasteiger partial charge in [-0.25, -0.2) is 0 Å². The Morgan fingerprint density at radius 3 is 1.14 bits per heavy atom. The van der Waals surface area contributed by atoms with Crippen LogP contribution in [0.5, 0.6) is 0 Å². The number of rotatable bonds is 45. The van der Waals surface area contributed by atoms with Crippen molar-refractivity contribution >= 4 is 5.91 Å². The third-order valence-electron chi connectivity index (χ3n) is 11.4. The first-order chi connectivity index (χ1) is 27.5. The lowest BCUT2D eigenvalue weighted by atomic mass is 10.0. The van der Waals surface area contributed by atoms with E-state index in [1.807, 2.05) is 6.08 Å². The highest BCUT2D eigenvalue weighted by Crippen LogP contribution is 2.16. The van der Waals surface area contributed by atoms with E-state index in [0.717, 1.165) is 38.5 Å². The van der Waals surface area contributed by atoms with E-state index < -0.39 is 18.2 Å². The van der Waals surface area contributed by atoms with Gasteiger partial charge in [-0.05, 0) is 44.9 Å². The van der Waals surface area contributed by atoms with Crippen molar-refractivity contribution in [1.82, 2.24) is 5.32 Å². The van der Waals surface area contributed by atoms with Crippen molar-refractivity contribution in [3.63, 3.8) is 0 Å². The smallest absolute Gasteiger partial charge is 0.222 e. The van der Waals surface area contributed by atoms with Gasteiger partial charge in [0.15, 0.2) is 0 Å². The van der Waals surface area contributed by atoms with Crippen LogP contribution in [0.2, 0.25) is 0 Å². The van der Waals surface area contributed by atoms with E-state index in [1.54, 1.807) is 6.08 Å². The summed E-state index contributed by atoms with van der Waals surface area (Å²) in [5.41, 5.74) is 0. The summed E-state index contributed by atoms with van der Waals surface area (Å²) in [4.78, 5) is 12.5. The summed E-state index contributed by atoms with van der Waals surface area (Å²) in [6.07, 6.45) is 58.8. The Labute approximate surface area is 349 Å². The molecular formula is C51H97NO4. The van der Waals surface area contributed by atoms with Gasteiger partial charge in [0.2, 0.25) is 5.91 Å². The lowest BCUT2D eigenvalue weighted by molar-refractivity contribution is -0.124. The molecule has 0 aliphatic rings. The number of aliphatic hydroxyl groups is 3. The van der Waals surface area contributed by atoms with Crippen molar-refractivity contribution in [2.45, 2.75) is 276 Å². The molecule has 0 aromatic rings. The molecule has 0 heterocycles. The molecule has 0 aliphatic carbocycles. The zero-order valence-corrected chi connectivity index (χ0v) is 37.5. The van der Waals surface area contributed by atoms with Crippen LogP contribution in [0.15, 0.2) is 36.5 Å². The minimum Gasteiger partial charge on any atom is -0.394 e. The number of aliphatic hydroxyl groups excluding tert-OH is 3. The fraction of sp³-hybridized carbons (Fsp3) is 0.863. The van der Waals surface area contributed by atoms with Gasteiger partial charge in [0.1, 0.15) is 0 Å². The Kier molecular flexibility index (Phi) is 45.1. The fourth-order valence-electron chi connectivity index (χ4n) is 7.61. The van der Waals surface area contributed by atoms with Gasteiger partial charge in [-0.2, -0.15) is 0 Å². The molecule has 1 amide bonds. The Morgan fingerprint density at radius 1 is 0.446 bits per heavy atom. The quantitative estimate of drug-likeness (QED) is 0.0365. The summed E-state index contributed by atoms with van der Waals surface area (Å²) in [7, 11) is 0. The van der Waals surface area contributed by atoms with Crippen LogP contribution in [0.3, 0.4) is 0 Å². The van der Waals surface area contributed by atoms with Gasteiger partial charge >= 0.3 is 0 Å². The fourth-order valence-corrected chi connectivity index (χ4v) is 7.61. The molecular weight excluding hydrogens is 691 g/mol. The first-order valence-electron chi connectivity index (χ1n) is 24.8. The van der Waals surface area contributed by atoms with Gasteiger partial charge in [-0.3, -0.25) is 4.79 Å². The minimum atomic E-state index is -0.958. The summed E-state index contributed by atoms with van der Waals surface area (Å²) in [6.45, 7) is 4.22. The number of nitrogens with one attached hydrogen (secondary N) is 1. The average Bonchev–Trinajstić information content (AvgIpc) is 3.19. The van der Waals surface area contributed by atoms with Gasteiger partial charge in [0, 0.05) is 0 Å². The van der Waals surface area contributed by atoms with Crippen molar-refractivity contribution < 1.29 is 20.1 Å². The average molecular weight is 788 g/mol. The second-order valence-electron chi connectivity index (χ2n) is 17.1. The van der Waals surface area contributed by atoms with Crippen LogP contribution in [-0.2, 0) is 4.79 Å². The molecule has 4 N–H and O–H groups in total. The number of unbranched alkanes of at least 4 members (excludes halogenated alkanes) is 32. The molecule has 0 radical (unpaired) electrons. The molecule has 0 rings (SSSR count). The molecule has 5 heteroatoms. The molecule has 0 saturated heterocycles. The topological polar surface area (TPSA) is 89.8 Å². The van der Waals surface area contributed by atoms with E-state index in [9.17, 15) is 20.1 Å². The van der Waals surface area contributed by atoms with Crippen LogP contribution >= 0.6 is 0 Å². The molecule has 0 aliphatic heterocycles. The number of allylic oxidation sites excluding steroid dienone is 5. The molecule has 0 aromatic carbocycles. The molecule has 0 fully saturated rings. The highest BCUT2D eigenvalue weighted by molar-refractivity contribution is 5.76. The third kappa shape index (κ3) is 42.2. The van der Waals surface area contributed by atoms with Gasteiger partial charge in [0.05, 0.1) is 31.3 Å². The maximum Gasteiger partial charge on any atom is 0.222 e. The largest absolute Gasteiger partial charge is 0.394 e. The van der Waals surface area contributed by atoms with Crippen molar-refractivity contribution in [1.29, 1.82) is 0 Å². The SMILES string of the molecule is CCCCCCCCCCCC/C=C/CC/C=C/CC/C=C/C(O)C(CO)NC(=O)CC(O)CCCCCCCCCCCCCCCCCCCCCCC. The monoisotopic (exact) mass is 788 g/mol. The molecule has 0 saturated carbocycles. The highest BCUT2D eigenvalue weighted by Gasteiger charge is 2.20. The zero-order valence-electron chi connectivity index (χ0n) is 37.5. The van der Waals surface area contributed by atoms with Crippen LogP contribution in [0.25, 0.3) is 0 Å². The Morgan fingerprint density at radius 2 is 0.768 bits per heavy atom. The number of carbonyl (C=O) groups is 1. The predicted molar refractivity (Wildman–Crippen MR) is 245 cm³/mol. The lowest BCUT2D eigenvalue weighted by Gasteiger charge is -2.21. The standard InChI is InChI=1S/C51H97NO4/c1-3-5-7-9-11-13-15-17-19-21-23-25-26-28-30-32-34-36-38-40-42-44-48(54)46-51(56)52-49(47-53)50(55)45-43-41-39-37-35-33-31-29-27-24-22-20-18-16-14-12-10-8-6-4-2/h27,29,35,37,43,45,48-50,53-55H,3-26,28,30-34,36,38-42,44,46-47H2,1-2H3,(H,52,56)/b29-27+,37-35+,45-43+. The number of amides is 1. The van der Waals surface area contributed by atoms with E-state index in [0.29, 0.717) is 6.42 Å². The van der Waals surface area contributed by atoms with Crippen LogP contribution in [0, 0.1) is 0 Å². The molecule has 0 aromatic heterocycles. The van der Waals surface area contributed by atoms with Crippen molar-refractivity contribution in [2.75, 3.05) is 6.61 Å². The van der Waals surface area contributed by atoms with Crippen molar-refractivity contribution in [2.24, 2.45) is 0 Å². The number of hydrogen-bond acceptors (Lipinski definition) is 4. The van der Waals surface area contributed by atoms with E-state index in [2.05, 4.69) is 43.5 Å². The summed E-state index contributed by atoms with van der Waals surface area (Å²) >= 11 is 0. The van der Waals surface area contributed by atoms with Crippen LogP contribution in [-0.4, -0.2) is 46.1 Å². The maximum atomic E-state index is 12.5. The summed E-state index contributed by atoms with van der Waals surface area (Å²) in [5, 5.41) is 33.3. The highest BCUT2D eigenvalue weighted by atomic mass is 16.3. The zero-order chi connectivity index (χ0) is 40.8.